The van der Waals surface area contributed by atoms with Crippen molar-refractivity contribution in [3.8, 4) is 0 Å². The van der Waals surface area contributed by atoms with Crippen LogP contribution in [0.5, 0.6) is 0 Å². The van der Waals surface area contributed by atoms with Gasteiger partial charge in [-0.1, -0.05) is 130 Å². The summed E-state index contributed by atoms with van der Waals surface area (Å²) in [7, 11) is -4.64. The number of phosphoric acid groups is 1. The van der Waals surface area contributed by atoms with Gasteiger partial charge >= 0.3 is 19.8 Å². The highest BCUT2D eigenvalue weighted by atomic mass is 31.2. The van der Waals surface area contributed by atoms with E-state index < -0.39 is 51.8 Å². The summed E-state index contributed by atoms with van der Waals surface area (Å²) in [5.41, 5.74) is 0. The highest BCUT2D eigenvalue weighted by Gasteiger charge is 2.27. The highest BCUT2D eigenvalue weighted by molar-refractivity contribution is 7.47. The van der Waals surface area contributed by atoms with E-state index in [4.69, 9.17) is 19.1 Å². The van der Waals surface area contributed by atoms with Gasteiger partial charge in [0, 0.05) is 12.8 Å². The van der Waals surface area contributed by atoms with Crippen LogP contribution in [0.1, 0.15) is 142 Å². The van der Waals surface area contributed by atoms with Crippen LogP contribution in [0.4, 0.5) is 0 Å². The Hall–Kier alpha value is -3.11. The smallest absolute Gasteiger partial charge is 0.462 e. The predicted octanol–water partition coefficient (Wildman–Crippen LogP) is 11.2. The Bertz CT molecular complexity index is 1260. The summed E-state index contributed by atoms with van der Waals surface area (Å²) < 4.78 is 32.6. The second-order valence-corrected chi connectivity index (χ2v) is 15.1. The van der Waals surface area contributed by atoms with E-state index in [1.165, 1.54) is 19.3 Å². The van der Waals surface area contributed by atoms with Crippen LogP contribution in [0, 0.1) is 0 Å². The first-order chi connectivity index (χ1) is 27.7. The number of unbranched alkanes of at least 4 members (excludes halogenated alkanes) is 8. The molecule has 3 atom stereocenters. The van der Waals surface area contributed by atoms with Crippen molar-refractivity contribution >= 4 is 19.8 Å². The molecular formula is C46H75O10P. The number of ether oxygens (including phenoxy) is 2. The maximum Gasteiger partial charge on any atom is 0.472 e. The Morgan fingerprint density at radius 3 is 1.46 bits per heavy atom. The minimum Gasteiger partial charge on any atom is -0.462 e. The third-order valence-electron chi connectivity index (χ3n) is 8.22. The lowest BCUT2D eigenvalue weighted by Crippen LogP contribution is -2.29. The van der Waals surface area contributed by atoms with Gasteiger partial charge < -0.3 is 24.6 Å². The number of esters is 2. The van der Waals surface area contributed by atoms with E-state index in [-0.39, 0.29) is 19.4 Å². The van der Waals surface area contributed by atoms with Gasteiger partial charge in [-0.25, -0.2) is 4.57 Å². The average Bonchev–Trinajstić information content (AvgIpc) is 3.20. The van der Waals surface area contributed by atoms with Gasteiger partial charge in [-0.15, -0.1) is 0 Å². The van der Waals surface area contributed by atoms with Gasteiger partial charge in [-0.3, -0.25) is 18.6 Å². The molecule has 324 valence electrons. The molecule has 0 fully saturated rings. The van der Waals surface area contributed by atoms with Crippen LogP contribution < -0.4 is 0 Å². The van der Waals surface area contributed by atoms with Crippen LogP contribution in [0.3, 0.4) is 0 Å². The summed E-state index contributed by atoms with van der Waals surface area (Å²) in [4.78, 5) is 35.0. The summed E-state index contributed by atoms with van der Waals surface area (Å²) >= 11 is 0. The number of carbonyl (C=O) groups excluding carboxylic acids is 2. The molecule has 3 N–H and O–H groups in total. The van der Waals surface area contributed by atoms with Crippen LogP contribution in [0.2, 0.25) is 0 Å². The predicted molar refractivity (Wildman–Crippen MR) is 232 cm³/mol. The molecule has 57 heavy (non-hydrogen) atoms. The molecular weight excluding hydrogens is 743 g/mol. The van der Waals surface area contributed by atoms with Gasteiger partial charge in [0.15, 0.2) is 6.10 Å². The quantitative estimate of drug-likeness (QED) is 0.0238. The highest BCUT2D eigenvalue weighted by Crippen LogP contribution is 2.43. The van der Waals surface area contributed by atoms with Gasteiger partial charge in [0.05, 0.1) is 19.8 Å². The number of allylic oxidation sites excluding steroid dienone is 16. The number of hydrogen-bond acceptors (Lipinski definition) is 9. The lowest BCUT2D eigenvalue weighted by Gasteiger charge is -2.20. The van der Waals surface area contributed by atoms with Crippen LogP contribution in [-0.4, -0.2) is 65.7 Å². The average molecular weight is 819 g/mol. The van der Waals surface area contributed by atoms with Crippen molar-refractivity contribution in [2.24, 2.45) is 0 Å². The maximum absolute atomic E-state index is 12.6. The fourth-order valence-corrected chi connectivity index (χ4v) is 5.75. The zero-order valence-corrected chi connectivity index (χ0v) is 35.9. The van der Waals surface area contributed by atoms with Crippen molar-refractivity contribution < 1.29 is 47.8 Å². The minimum atomic E-state index is -4.64. The van der Waals surface area contributed by atoms with E-state index in [9.17, 15) is 24.2 Å². The third-order valence-corrected chi connectivity index (χ3v) is 9.17. The molecule has 0 aromatic rings. The first kappa shape index (κ1) is 53.9. The number of hydrogen-bond donors (Lipinski definition) is 3. The van der Waals surface area contributed by atoms with Crippen molar-refractivity contribution in [3.63, 3.8) is 0 Å². The Morgan fingerprint density at radius 1 is 0.544 bits per heavy atom. The maximum atomic E-state index is 12.6. The zero-order valence-electron chi connectivity index (χ0n) is 35.0. The summed E-state index contributed by atoms with van der Waals surface area (Å²) in [6.07, 6.45) is 49.5. The lowest BCUT2D eigenvalue weighted by atomic mass is 10.1. The van der Waals surface area contributed by atoms with Crippen molar-refractivity contribution in [1.82, 2.24) is 0 Å². The Morgan fingerprint density at radius 2 is 0.965 bits per heavy atom. The first-order valence-corrected chi connectivity index (χ1v) is 22.7. The molecule has 0 bridgehead atoms. The largest absolute Gasteiger partial charge is 0.472 e. The monoisotopic (exact) mass is 819 g/mol. The summed E-state index contributed by atoms with van der Waals surface area (Å²) in [5.74, 6) is -1.02. The molecule has 0 saturated heterocycles. The third kappa shape index (κ3) is 40.9. The van der Waals surface area contributed by atoms with Crippen molar-refractivity contribution in [1.29, 1.82) is 0 Å². The van der Waals surface area contributed by atoms with Gasteiger partial charge in [0.25, 0.3) is 0 Å². The summed E-state index contributed by atoms with van der Waals surface area (Å²) in [6, 6.07) is 0. The molecule has 1 unspecified atom stereocenters. The molecule has 0 rings (SSSR count). The summed E-state index contributed by atoms with van der Waals surface area (Å²) in [6.45, 7) is 2.12. The number of aliphatic hydroxyl groups is 2. The van der Waals surface area contributed by atoms with E-state index in [2.05, 4.69) is 116 Å². The second kappa shape index (κ2) is 41.1. The number of phosphoric ester groups is 1. The van der Waals surface area contributed by atoms with E-state index in [0.717, 1.165) is 83.5 Å². The van der Waals surface area contributed by atoms with Gasteiger partial charge in [0.2, 0.25) is 0 Å². The second-order valence-electron chi connectivity index (χ2n) is 13.6. The van der Waals surface area contributed by atoms with E-state index in [0.29, 0.717) is 12.8 Å². The van der Waals surface area contributed by atoms with Crippen LogP contribution in [0.15, 0.2) is 97.2 Å². The Kier molecular flexibility index (Phi) is 38.8. The van der Waals surface area contributed by atoms with Crippen molar-refractivity contribution in [2.45, 2.75) is 154 Å². The van der Waals surface area contributed by atoms with Gasteiger partial charge in [-0.2, -0.15) is 0 Å². The Balaban J connectivity index is 4.47. The standard InChI is InChI=1S/C46H75O10P/c1-3-5-7-9-11-13-15-17-19-20-21-22-24-26-28-30-32-34-36-38-46(50)56-44(42-55-57(51,52)54-40-43(48)39-47)41-53-45(49)37-35-33-31-29-27-25-23-18-16-14-12-10-8-6-4-2/h5,7,11-14,17-19,21-23,26-29,43-44,47-48H,3-4,6,8-10,15-16,20,24-25,30-42H2,1-2H3,(H,51,52)/b7-5-,13-11-,14-12-,19-17-,22-21-,23-18-,28-26-,29-27-/t43-,44+/m0/s1. The van der Waals surface area contributed by atoms with E-state index in [1.54, 1.807) is 0 Å². The molecule has 10 nitrogen and oxygen atoms in total. The first-order valence-electron chi connectivity index (χ1n) is 21.2. The van der Waals surface area contributed by atoms with Crippen LogP contribution in [0.25, 0.3) is 0 Å². The van der Waals surface area contributed by atoms with E-state index in [1.807, 2.05) is 0 Å². The van der Waals surface area contributed by atoms with Crippen molar-refractivity contribution in [3.05, 3.63) is 97.2 Å². The van der Waals surface area contributed by atoms with Gasteiger partial charge in [-0.05, 0) is 96.3 Å². The topological polar surface area (TPSA) is 149 Å². The SMILES string of the molecule is CC/C=C\C/C=C\C/C=C\C/C=C\C/C=C\CCCCCC(=O)O[C@H](COC(=O)CCCC/C=C\C/C=C\C/C=C\CCCCC)COP(=O)(O)OC[C@@H](O)CO. The number of rotatable bonds is 38. The van der Waals surface area contributed by atoms with Crippen LogP contribution in [-0.2, 0) is 32.7 Å². The normalized spacial score (nSPS) is 14.8. The fraction of sp³-hybridized carbons (Fsp3) is 0.609. The zero-order chi connectivity index (χ0) is 41.9. The molecule has 0 aliphatic rings. The molecule has 0 saturated carbocycles. The molecule has 11 heteroatoms. The van der Waals surface area contributed by atoms with Crippen LogP contribution >= 0.6 is 7.82 Å². The van der Waals surface area contributed by atoms with Gasteiger partial charge in [0.1, 0.15) is 12.7 Å². The fourth-order valence-electron chi connectivity index (χ4n) is 4.96. The number of carbonyl (C=O) groups is 2. The molecule has 0 aromatic heterocycles. The molecule has 0 heterocycles. The molecule has 0 radical (unpaired) electrons. The molecule has 0 aliphatic carbocycles. The Labute approximate surface area is 344 Å². The summed E-state index contributed by atoms with van der Waals surface area (Å²) in [5, 5.41) is 18.3. The van der Waals surface area contributed by atoms with E-state index >= 15 is 0 Å². The molecule has 0 aliphatic heterocycles. The minimum absolute atomic E-state index is 0.131. The van der Waals surface area contributed by atoms with Crippen molar-refractivity contribution in [2.75, 3.05) is 26.4 Å². The molecule has 0 spiro atoms. The molecule has 0 amide bonds. The molecule has 0 aromatic carbocycles. The number of aliphatic hydroxyl groups excluding tert-OH is 2. The lowest BCUT2D eigenvalue weighted by molar-refractivity contribution is -0.161.